The fourth-order valence-corrected chi connectivity index (χ4v) is 1.89. The highest BCUT2D eigenvalue weighted by Gasteiger charge is 2.30. The van der Waals surface area contributed by atoms with Crippen LogP contribution in [0.5, 0.6) is 0 Å². The van der Waals surface area contributed by atoms with Crippen molar-refractivity contribution in [3.05, 3.63) is 35.4 Å². The molecule has 22 heavy (non-hydrogen) atoms. The molecule has 2 N–H and O–H groups in total. The molecule has 0 radical (unpaired) electrons. The first-order chi connectivity index (χ1) is 10.1. The quantitative estimate of drug-likeness (QED) is 0.847. The maximum atomic E-state index is 12.5. The Kier molecular flexibility index (Phi) is 6.41. The van der Waals surface area contributed by atoms with E-state index in [0.717, 1.165) is 12.1 Å². The van der Waals surface area contributed by atoms with Crippen LogP contribution in [0.15, 0.2) is 24.3 Å². The van der Waals surface area contributed by atoms with Gasteiger partial charge in [0.2, 0.25) is 5.91 Å². The van der Waals surface area contributed by atoms with Gasteiger partial charge >= 0.3 is 6.18 Å². The summed E-state index contributed by atoms with van der Waals surface area (Å²) in [6.07, 6.45) is -4.61. The number of nitrogens with one attached hydrogen (secondary N) is 1. The maximum Gasteiger partial charge on any atom is 0.416 e. The lowest BCUT2D eigenvalue weighted by molar-refractivity contribution is -0.137. The van der Waals surface area contributed by atoms with Crippen LogP contribution >= 0.6 is 0 Å². The second kappa shape index (κ2) is 7.63. The van der Waals surface area contributed by atoms with Gasteiger partial charge in [-0.15, -0.1) is 0 Å². The summed E-state index contributed by atoms with van der Waals surface area (Å²) in [6.45, 7) is 5.58. The van der Waals surface area contributed by atoms with Gasteiger partial charge in [0.05, 0.1) is 11.7 Å². The van der Waals surface area contributed by atoms with Crippen LogP contribution in [0, 0.1) is 11.8 Å². The van der Waals surface area contributed by atoms with Crippen LogP contribution in [-0.4, -0.2) is 23.7 Å². The Morgan fingerprint density at radius 1 is 1.18 bits per heavy atom. The molecule has 2 atom stereocenters. The normalized spacial score (nSPS) is 14.7. The Morgan fingerprint density at radius 2 is 1.73 bits per heavy atom. The molecule has 0 bridgehead atoms. The summed E-state index contributed by atoms with van der Waals surface area (Å²) in [4.78, 5) is 11.9. The minimum atomic E-state index is -4.35. The van der Waals surface area contributed by atoms with Gasteiger partial charge in [-0.05, 0) is 30.0 Å². The topological polar surface area (TPSA) is 49.3 Å². The summed E-state index contributed by atoms with van der Waals surface area (Å²) >= 11 is 0. The number of hydrogen-bond acceptors (Lipinski definition) is 2. The molecular weight excluding hydrogens is 295 g/mol. The molecule has 0 saturated carbocycles. The fraction of sp³-hybridized carbons (Fsp3) is 0.562. The fourth-order valence-electron chi connectivity index (χ4n) is 1.89. The molecule has 1 aromatic rings. The molecule has 0 aliphatic carbocycles. The van der Waals surface area contributed by atoms with E-state index in [2.05, 4.69) is 5.32 Å². The van der Waals surface area contributed by atoms with Gasteiger partial charge in [-0.2, -0.15) is 13.2 Å². The molecule has 0 saturated heterocycles. The lowest BCUT2D eigenvalue weighted by Gasteiger charge is -2.17. The molecule has 1 rings (SSSR count). The van der Waals surface area contributed by atoms with Crippen molar-refractivity contribution in [2.75, 3.05) is 6.54 Å². The molecule has 3 nitrogen and oxygen atoms in total. The first-order valence-corrected chi connectivity index (χ1v) is 7.23. The molecule has 2 unspecified atom stereocenters. The molecule has 0 aliphatic rings. The Labute approximate surface area is 128 Å². The Hall–Kier alpha value is -1.56. The monoisotopic (exact) mass is 317 g/mol. The zero-order chi connectivity index (χ0) is 16.9. The number of hydrogen-bond donors (Lipinski definition) is 2. The van der Waals surface area contributed by atoms with Gasteiger partial charge in [0.1, 0.15) is 0 Å². The standard InChI is InChI=1S/C16H22F3NO2/c1-10(2)14(21)9-20-15(22)11(3)8-12-4-6-13(7-5-12)16(17,18)19/h4-7,10-11,14,21H,8-9H2,1-3H3,(H,20,22). The smallest absolute Gasteiger partial charge is 0.391 e. The summed E-state index contributed by atoms with van der Waals surface area (Å²) in [5.41, 5.74) is -0.0338. The van der Waals surface area contributed by atoms with Crippen LogP contribution in [0.4, 0.5) is 13.2 Å². The van der Waals surface area contributed by atoms with Gasteiger partial charge in [-0.25, -0.2) is 0 Å². The van der Waals surface area contributed by atoms with E-state index in [1.54, 1.807) is 6.92 Å². The first-order valence-electron chi connectivity index (χ1n) is 7.23. The lowest BCUT2D eigenvalue weighted by atomic mass is 9.99. The van der Waals surface area contributed by atoms with Gasteiger partial charge in [-0.3, -0.25) is 4.79 Å². The predicted molar refractivity (Wildman–Crippen MR) is 78.2 cm³/mol. The van der Waals surface area contributed by atoms with Crippen molar-refractivity contribution >= 4 is 5.91 Å². The Balaban J connectivity index is 2.54. The van der Waals surface area contributed by atoms with Crippen LogP contribution in [0.25, 0.3) is 0 Å². The molecule has 0 aromatic heterocycles. The second-order valence-electron chi connectivity index (χ2n) is 5.86. The zero-order valence-corrected chi connectivity index (χ0v) is 12.9. The van der Waals surface area contributed by atoms with Gasteiger partial charge in [0.25, 0.3) is 0 Å². The molecule has 6 heteroatoms. The summed E-state index contributed by atoms with van der Waals surface area (Å²) in [5, 5.41) is 12.3. The predicted octanol–water partition coefficient (Wildman–Crippen LogP) is 3.02. The van der Waals surface area contributed by atoms with Gasteiger partial charge in [-0.1, -0.05) is 32.9 Å². The zero-order valence-electron chi connectivity index (χ0n) is 12.9. The summed E-state index contributed by atoms with van der Waals surface area (Å²) in [6, 6.07) is 4.80. The maximum absolute atomic E-state index is 12.5. The average molecular weight is 317 g/mol. The van der Waals surface area contributed by atoms with Crippen molar-refractivity contribution in [1.29, 1.82) is 0 Å². The number of halogens is 3. The number of rotatable bonds is 6. The van der Waals surface area contributed by atoms with Crippen LogP contribution in [0.1, 0.15) is 31.9 Å². The van der Waals surface area contributed by atoms with Crippen molar-refractivity contribution in [1.82, 2.24) is 5.32 Å². The van der Waals surface area contributed by atoms with Crippen LogP contribution in [0.3, 0.4) is 0 Å². The van der Waals surface area contributed by atoms with E-state index in [1.165, 1.54) is 12.1 Å². The van der Waals surface area contributed by atoms with Crippen LogP contribution in [-0.2, 0) is 17.4 Å². The molecule has 0 spiro atoms. The van der Waals surface area contributed by atoms with Gasteiger partial charge < -0.3 is 10.4 Å². The highest BCUT2D eigenvalue weighted by Crippen LogP contribution is 2.29. The molecule has 1 amide bonds. The van der Waals surface area contributed by atoms with Crippen molar-refractivity contribution < 1.29 is 23.1 Å². The van der Waals surface area contributed by atoms with E-state index < -0.39 is 17.8 Å². The van der Waals surface area contributed by atoms with Crippen molar-refractivity contribution in [3.8, 4) is 0 Å². The summed E-state index contributed by atoms with van der Waals surface area (Å²) in [7, 11) is 0. The van der Waals surface area contributed by atoms with Crippen molar-refractivity contribution in [2.24, 2.45) is 11.8 Å². The number of carbonyl (C=O) groups excluding carboxylic acids is 1. The molecule has 1 aromatic carbocycles. The van der Waals surface area contributed by atoms with E-state index in [9.17, 15) is 23.1 Å². The van der Waals surface area contributed by atoms with E-state index in [1.807, 2.05) is 13.8 Å². The van der Waals surface area contributed by atoms with Gasteiger partial charge in [0, 0.05) is 12.5 Å². The number of alkyl halides is 3. The number of amides is 1. The average Bonchev–Trinajstić information content (AvgIpc) is 2.43. The number of benzene rings is 1. The Bertz CT molecular complexity index is 483. The lowest BCUT2D eigenvalue weighted by Crippen LogP contribution is -2.38. The molecule has 124 valence electrons. The van der Waals surface area contributed by atoms with E-state index >= 15 is 0 Å². The SMILES string of the molecule is CC(Cc1ccc(C(F)(F)F)cc1)C(=O)NCC(O)C(C)C. The van der Waals surface area contributed by atoms with Gasteiger partial charge in [0.15, 0.2) is 0 Å². The third-order valence-corrected chi connectivity index (χ3v) is 3.53. The first kappa shape index (κ1) is 18.5. The highest BCUT2D eigenvalue weighted by molar-refractivity contribution is 5.78. The minimum Gasteiger partial charge on any atom is -0.391 e. The number of aliphatic hydroxyl groups is 1. The Morgan fingerprint density at radius 3 is 2.18 bits per heavy atom. The van der Waals surface area contributed by atoms with E-state index in [-0.39, 0.29) is 24.3 Å². The highest BCUT2D eigenvalue weighted by atomic mass is 19.4. The minimum absolute atomic E-state index is 0.0468. The van der Waals surface area contributed by atoms with Crippen molar-refractivity contribution in [3.63, 3.8) is 0 Å². The van der Waals surface area contributed by atoms with Crippen LogP contribution in [0.2, 0.25) is 0 Å². The second-order valence-corrected chi connectivity index (χ2v) is 5.86. The number of aliphatic hydroxyl groups excluding tert-OH is 1. The number of carbonyl (C=O) groups is 1. The third-order valence-electron chi connectivity index (χ3n) is 3.53. The molecule has 0 aliphatic heterocycles. The summed E-state index contributed by atoms with van der Waals surface area (Å²) < 4.78 is 37.4. The van der Waals surface area contributed by atoms with E-state index in [0.29, 0.717) is 12.0 Å². The third kappa shape index (κ3) is 5.67. The van der Waals surface area contributed by atoms with E-state index in [4.69, 9.17) is 0 Å². The van der Waals surface area contributed by atoms with Crippen molar-refractivity contribution in [2.45, 2.75) is 39.5 Å². The molecular formula is C16H22F3NO2. The summed E-state index contributed by atoms with van der Waals surface area (Å²) in [5.74, 6) is -0.554. The molecule has 0 fully saturated rings. The van der Waals surface area contributed by atoms with Crippen LogP contribution < -0.4 is 5.32 Å². The largest absolute Gasteiger partial charge is 0.416 e. The molecule has 0 heterocycles.